The first kappa shape index (κ1) is 12.8. The van der Waals surface area contributed by atoms with Crippen molar-refractivity contribution in [1.82, 2.24) is 0 Å². The molecule has 1 aromatic rings. The molecule has 96 valence electrons. The van der Waals surface area contributed by atoms with Crippen molar-refractivity contribution in [3.8, 4) is 0 Å². The Kier molecular flexibility index (Phi) is 3.77. The number of Topliss-reactive ketones (excluding diaryl/α,β-unsaturated/α-hetero) is 1. The molecule has 0 aliphatic heterocycles. The predicted octanol–water partition coefficient (Wildman–Crippen LogP) is 1.62. The summed E-state index contributed by atoms with van der Waals surface area (Å²) in [5.74, 6) is -1.55. The Hall–Kier alpha value is -1.68. The van der Waals surface area contributed by atoms with E-state index < -0.39 is 18.0 Å². The number of carbonyl (C=O) groups excluding carboxylic acids is 2. The summed E-state index contributed by atoms with van der Waals surface area (Å²) in [5, 5.41) is 0. The van der Waals surface area contributed by atoms with E-state index in [9.17, 15) is 9.59 Å². The molecule has 1 aliphatic rings. The van der Waals surface area contributed by atoms with Gasteiger partial charge in [-0.2, -0.15) is 0 Å². The van der Waals surface area contributed by atoms with Crippen LogP contribution in [0.4, 0.5) is 0 Å². The van der Waals surface area contributed by atoms with Gasteiger partial charge in [0.1, 0.15) is 5.92 Å². The molecule has 18 heavy (non-hydrogen) atoms. The zero-order chi connectivity index (χ0) is 13.1. The third kappa shape index (κ3) is 2.16. The Morgan fingerprint density at radius 2 is 2.11 bits per heavy atom. The summed E-state index contributed by atoms with van der Waals surface area (Å²) in [5.41, 5.74) is 1.53. The van der Waals surface area contributed by atoms with E-state index in [1.807, 2.05) is 12.1 Å². The van der Waals surface area contributed by atoms with E-state index in [0.29, 0.717) is 12.0 Å². The summed E-state index contributed by atoms with van der Waals surface area (Å²) >= 11 is 0. The summed E-state index contributed by atoms with van der Waals surface area (Å²) in [6.45, 7) is 1.99. The van der Waals surface area contributed by atoms with E-state index >= 15 is 0 Å². The molecule has 0 heterocycles. The fraction of sp³-hybridized carbons (Fsp3) is 0.429. The van der Waals surface area contributed by atoms with Gasteiger partial charge in [0.05, 0.1) is 12.7 Å². The number of esters is 1. The molecule has 0 N–H and O–H groups in total. The van der Waals surface area contributed by atoms with Gasteiger partial charge in [0.2, 0.25) is 0 Å². The summed E-state index contributed by atoms with van der Waals surface area (Å²) in [7, 11) is 1.51. The highest BCUT2D eigenvalue weighted by atomic mass is 16.5. The Labute approximate surface area is 106 Å². The average Bonchev–Trinajstić information content (AvgIpc) is 2.38. The van der Waals surface area contributed by atoms with Crippen molar-refractivity contribution in [1.29, 1.82) is 0 Å². The second-order valence-electron chi connectivity index (χ2n) is 4.23. The first-order valence-electron chi connectivity index (χ1n) is 6.00. The largest absolute Gasteiger partial charge is 0.465 e. The number of hydrogen-bond donors (Lipinski definition) is 0. The predicted molar refractivity (Wildman–Crippen MR) is 65.4 cm³/mol. The van der Waals surface area contributed by atoms with Crippen molar-refractivity contribution in [3.63, 3.8) is 0 Å². The molecule has 0 aromatic heterocycles. The van der Waals surface area contributed by atoms with Gasteiger partial charge in [-0.3, -0.25) is 9.59 Å². The maximum Gasteiger partial charge on any atom is 0.319 e. The van der Waals surface area contributed by atoms with Crippen molar-refractivity contribution in [2.75, 3.05) is 13.7 Å². The number of hydrogen-bond acceptors (Lipinski definition) is 4. The summed E-state index contributed by atoms with van der Waals surface area (Å²) in [6, 6.07) is 7.31. The molecule has 0 fully saturated rings. The van der Waals surface area contributed by atoms with Gasteiger partial charge in [-0.1, -0.05) is 24.3 Å². The molecule has 4 heteroatoms. The van der Waals surface area contributed by atoms with Crippen molar-refractivity contribution in [2.45, 2.75) is 19.4 Å². The van der Waals surface area contributed by atoms with Gasteiger partial charge >= 0.3 is 5.97 Å². The standard InChI is InChI=1S/C14H16O4/c1-3-18-14(16)12-11(17-2)8-9-6-4-5-7-10(9)13(12)15/h4-7,11-12H,3,8H2,1-2H3. The van der Waals surface area contributed by atoms with Crippen molar-refractivity contribution < 1.29 is 19.1 Å². The Morgan fingerprint density at radius 1 is 1.39 bits per heavy atom. The van der Waals surface area contributed by atoms with Crippen LogP contribution in [0.1, 0.15) is 22.8 Å². The minimum Gasteiger partial charge on any atom is -0.465 e. The van der Waals surface area contributed by atoms with Gasteiger partial charge in [-0.25, -0.2) is 0 Å². The fourth-order valence-corrected chi connectivity index (χ4v) is 2.32. The number of rotatable bonds is 3. The van der Waals surface area contributed by atoms with Crippen LogP contribution in [0.25, 0.3) is 0 Å². The van der Waals surface area contributed by atoms with Crippen LogP contribution in [0, 0.1) is 5.92 Å². The Morgan fingerprint density at radius 3 is 2.78 bits per heavy atom. The maximum atomic E-state index is 12.3. The minimum absolute atomic E-state index is 0.206. The maximum absolute atomic E-state index is 12.3. The third-order valence-electron chi connectivity index (χ3n) is 3.20. The molecule has 2 atom stereocenters. The van der Waals surface area contributed by atoms with Gasteiger partial charge in [0.15, 0.2) is 5.78 Å². The van der Waals surface area contributed by atoms with E-state index in [0.717, 1.165) is 5.56 Å². The van der Waals surface area contributed by atoms with Gasteiger partial charge < -0.3 is 9.47 Å². The molecule has 2 rings (SSSR count). The molecule has 0 radical (unpaired) electrons. The number of ether oxygens (including phenoxy) is 2. The fourth-order valence-electron chi connectivity index (χ4n) is 2.32. The zero-order valence-corrected chi connectivity index (χ0v) is 10.5. The Balaban J connectivity index is 2.36. The van der Waals surface area contributed by atoms with Crippen LogP contribution in [0.2, 0.25) is 0 Å². The van der Waals surface area contributed by atoms with Gasteiger partial charge in [0, 0.05) is 19.1 Å². The third-order valence-corrected chi connectivity index (χ3v) is 3.20. The highest BCUT2D eigenvalue weighted by Crippen LogP contribution is 2.28. The molecule has 2 unspecified atom stereocenters. The summed E-state index contributed by atoms with van der Waals surface area (Å²) in [4.78, 5) is 24.2. The first-order valence-corrected chi connectivity index (χ1v) is 6.00. The normalized spacial score (nSPS) is 22.4. The van der Waals surface area contributed by atoms with Crippen LogP contribution >= 0.6 is 0 Å². The molecule has 0 saturated carbocycles. The topological polar surface area (TPSA) is 52.6 Å². The SMILES string of the molecule is CCOC(=O)C1C(=O)c2ccccc2CC1OC. The van der Waals surface area contributed by atoms with E-state index in [4.69, 9.17) is 9.47 Å². The molecule has 0 spiro atoms. The van der Waals surface area contributed by atoms with Crippen molar-refractivity contribution >= 4 is 11.8 Å². The number of ketones is 1. The van der Waals surface area contributed by atoms with Gasteiger partial charge in [0.25, 0.3) is 0 Å². The molecule has 4 nitrogen and oxygen atoms in total. The lowest BCUT2D eigenvalue weighted by molar-refractivity contribution is -0.150. The van der Waals surface area contributed by atoms with E-state index in [-0.39, 0.29) is 12.4 Å². The van der Waals surface area contributed by atoms with Crippen LogP contribution in [0.5, 0.6) is 0 Å². The highest BCUT2D eigenvalue weighted by molar-refractivity contribution is 6.10. The smallest absolute Gasteiger partial charge is 0.319 e. The molecule has 0 bridgehead atoms. The number of methoxy groups -OCH3 is 1. The molecule has 1 aliphatic carbocycles. The van der Waals surface area contributed by atoms with Gasteiger partial charge in [-0.05, 0) is 12.5 Å². The van der Waals surface area contributed by atoms with E-state index in [1.165, 1.54) is 7.11 Å². The molecule has 0 amide bonds. The minimum atomic E-state index is -0.843. The van der Waals surface area contributed by atoms with E-state index in [1.54, 1.807) is 19.1 Å². The van der Waals surface area contributed by atoms with Crippen LogP contribution in [-0.2, 0) is 20.7 Å². The first-order chi connectivity index (χ1) is 8.69. The molecule has 1 aromatic carbocycles. The number of fused-ring (bicyclic) bond motifs is 1. The van der Waals surface area contributed by atoms with E-state index in [2.05, 4.69) is 0 Å². The second-order valence-corrected chi connectivity index (χ2v) is 4.23. The lowest BCUT2D eigenvalue weighted by atomic mass is 9.80. The molecular formula is C14H16O4. The van der Waals surface area contributed by atoms with Crippen molar-refractivity contribution in [3.05, 3.63) is 35.4 Å². The zero-order valence-electron chi connectivity index (χ0n) is 10.5. The average molecular weight is 248 g/mol. The van der Waals surface area contributed by atoms with Crippen LogP contribution in [0.15, 0.2) is 24.3 Å². The monoisotopic (exact) mass is 248 g/mol. The Bertz CT molecular complexity index is 467. The number of carbonyl (C=O) groups is 2. The molecular weight excluding hydrogens is 232 g/mol. The molecule has 0 saturated heterocycles. The van der Waals surface area contributed by atoms with Crippen LogP contribution in [0.3, 0.4) is 0 Å². The quantitative estimate of drug-likeness (QED) is 0.602. The number of benzene rings is 1. The summed E-state index contributed by atoms with van der Waals surface area (Å²) in [6.07, 6.45) is 0.119. The highest BCUT2D eigenvalue weighted by Gasteiger charge is 2.41. The van der Waals surface area contributed by atoms with Crippen LogP contribution < -0.4 is 0 Å². The van der Waals surface area contributed by atoms with Crippen molar-refractivity contribution in [2.24, 2.45) is 5.92 Å². The van der Waals surface area contributed by atoms with Crippen LogP contribution in [-0.4, -0.2) is 31.6 Å². The second kappa shape index (κ2) is 5.31. The lowest BCUT2D eigenvalue weighted by Crippen LogP contribution is -2.42. The summed E-state index contributed by atoms with van der Waals surface area (Å²) < 4.78 is 10.2. The lowest BCUT2D eigenvalue weighted by Gasteiger charge is -2.29. The van der Waals surface area contributed by atoms with Gasteiger partial charge in [-0.15, -0.1) is 0 Å².